The van der Waals surface area contributed by atoms with Gasteiger partial charge in [-0.2, -0.15) is 0 Å². The number of aromatic nitrogens is 2. The summed E-state index contributed by atoms with van der Waals surface area (Å²) in [5.74, 6) is -0.347. The van der Waals surface area contributed by atoms with E-state index in [1.54, 1.807) is 42.9 Å². The van der Waals surface area contributed by atoms with E-state index in [-0.39, 0.29) is 16.5 Å². The first kappa shape index (κ1) is 24.0. The second kappa shape index (κ2) is 9.27. The number of hydrogen-bond acceptors (Lipinski definition) is 4. The van der Waals surface area contributed by atoms with E-state index in [0.717, 1.165) is 11.1 Å². The summed E-state index contributed by atoms with van der Waals surface area (Å²) in [4.78, 5) is 25.7. The quantitative estimate of drug-likeness (QED) is 0.424. The van der Waals surface area contributed by atoms with Gasteiger partial charge >= 0.3 is 0 Å². The number of anilines is 2. The first-order chi connectivity index (χ1) is 16.6. The molecule has 35 heavy (non-hydrogen) atoms. The molecule has 0 atom stereocenters. The summed E-state index contributed by atoms with van der Waals surface area (Å²) in [5.41, 5.74) is 3.51. The lowest BCUT2D eigenvalue weighted by molar-refractivity contribution is 0.102. The highest BCUT2D eigenvalue weighted by atomic mass is 32.2. The molecule has 0 saturated carbocycles. The maximum atomic E-state index is 13.1. The average Bonchev–Trinajstić information content (AvgIpc) is 3.04. The van der Waals surface area contributed by atoms with Gasteiger partial charge in [-0.05, 0) is 74.4 Å². The van der Waals surface area contributed by atoms with Gasteiger partial charge < -0.3 is 5.32 Å². The Kier molecular flexibility index (Phi) is 6.36. The van der Waals surface area contributed by atoms with Crippen LogP contribution in [0.5, 0.6) is 0 Å². The highest BCUT2D eigenvalue weighted by molar-refractivity contribution is 7.92. The molecular formula is C26H26N4O4S. The minimum Gasteiger partial charge on any atom is -0.322 e. The summed E-state index contributed by atoms with van der Waals surface area (Å²) in [6.45, 7) is 5.50. The minimum atomic E-state index is -4.07. The van der Waals surface area contributed by atoms with Crippen LogP contribution in [-0.2, 0) is 17.1 Å². The molecular weight excluding hydrogens is 464 g/mol. The maximum Gasteiger partial charge on any atom is 0.296 e. The summed E-state index contributed by atoms with van der Waals surface area (Å²) < 4.78 is 31.5. The Labute approximate surface area is 203 Å². The highest BCUT2D eigenvalue weighted by Crippen LogP contribution is 2.21. The van der Waals surface area contributed by atoms with Crippen molar-refractivity contribution in [3.8, 4) is 5.69 Å². The van der Waals surface area contributed by atoms with Gasteiger partial charge in [0, 0.05) is 18.3 Å². The number of benzene rings is 3. The molecule has 9 heteroatoms. The Bertz CT molecular complexity index is 1570. The number of para-hydroxylation sites is 1. The molecule has 0 unspecified atom stereocenters. The van der Waals surface area contributed by atoms with Crippen LogP contribution in [-0.4, -0.2) is 23.7 Å². The molecule has 8 nitrogen and oxygen atoms in total. The van der Waals surface area contributed by atoms with Crippen LogP contribution in [0.3, 0.4) is 0 Å². The predicted molar refractivity (Wildman–Crippen MR) is 137 cm³/mol. The van der Waals surface area contributed by atoms with E-state index in [4.69, 9.17) is 0 Å². The van der Waals surface area contributed by atoms with Crippen molar-refractivity contribution in [3.63, 3.8) is 0 Å². The Balaban J connectivity index is 1.58. The van der Waals surface area contributed by atoms with Gasteiger partial charge in [0.05, 0.1) is 16.3 Å². The second-order valence-electron chi connectivity index (χ2n) is 8.34. The number of nitrogens with one attached hydrogen (secondary N) is 2. The molecule has 0 fully saturated rings. The van der Waals surface area contributed by atoms with Crippen molar-refractivity contribution < 1.29 is 13.2 Å². The predicted octanol–water partition coefficient (Wildman–Crippen LogP) is 4.15. The third kappa shape index (κ3) is 4.76. The molecule has 0 spiro atoms. The van der Waals surface area contributed by atoms with Gasteiger partial charge in [0.15, 0.2) is 0 Å². The molecule has 0 radical (unpaired) electrons. The van der Waals surface area contributed by atoms with Crippen molar-refractivity contribution in [1.29, 1.82) is 0 Å². The van der Waals surface area contributed by atoms with Gasteiger partial charge in [0.1, 0.15) is 5.69 Å². The van der Waals surface area contributed by atoms with Crippen molar-refractivity contribution in [1.82, 2.24) is 9.36 Å². The first-order valence-corrected chi connectivity index (χ1v) is 12.4. The molecule has 1 amide bonds. The average molecular weight is 491 g/mol. The van der Waals surface area contributed by atoms with Crippen LogP contribution < -0.4 is 15.6 Å². The molecule has 2 N–H and O–H groups in total. The molecule has 0 aliphatic rings. The number of aryl methyl sites for hydroxylation is 2. The van der Waals surface area contributed by atoms with E-state index < -0.39 is 15.6 Å². The monoisotopic (exact) mass is 490 g/mol. The zero-order chi connectivity index (χ0) is 25.3. The van der Waals surface area contributed by atoms with Crippen molar-refractivity contribution >= 4 is 27.3 Å². The van der Waals surface area contributed by atoms with Gasteiger partial charge in [-0.15, -0.1) is 0 Å². The Morgan fingerprint density at radius 2 is 1.54 bits per heavy atom. The minimum absolute atomic E-state index is 0.0342. The van der Waals surface area contributed by atoms with Crippen molar-refractivity contribution in [3.05, 3.63) is 106 Å². The van der Waals surface area contributed by atoms with Gasteiger partial charge in [0.25, 0.3) is 21.5 Å². The topological polar surface area (TPSA) is 102 Å². The summed E-state index contributed by atoms with van der Waals surface area (Å²) >= 11 is 0. The van der Waals surface area contributed by atoms with Crippen LogP contribution in [0.4, 0.5) is 11.4 Å². The number of nitrogens with zero attached hydrogens (tertiary/aromatic N) is 2. The molecule has 0 aliphatic carbocycles. The fourth-order valence-corrected chi connectivity index (χ4v) is 4.85. The van der Waals surface area contributed by atoms with Crippen molar-refractivity contribution in [2.75, 3.05) is 10.0 Å². The fourth-order valence-electron chi connectivity index (χ4n) is 3.73. The van der Waals surface area contributed by atoms with Crippen LogP contribution in [0.25, 0.3) is 5.69 Å². The van der Waals surface area contributed by atoms with Crippen LogP contribution in [0.2, 0.25) is 0 Å². The van der Waals surface area contributed by atoms with E-state index in [0.29, 0.717) is 22.6 Å². The molecule has 0 bridgehead atoms. The van der Waals surface area contributed by atoms with Crippen LogP contribution >= 0.6 is 0 Å². The van der Waals surface area contributed by atoms with Crippen LogP contribution in [0.15, 0.2) is 82.5 Å². The molecule has 4 aromatic rings. The number of sulfonamides is 1. The summed E-state index contributed by atoms with van der Waals surface area (Å²) in [7, 11) is -2.38. The number of amides is 1. The number of hydrogen-bond donors (Lipinski definition) is 2. The standard InChI is InChI=1S/C26H26N4O4S/c1-17-10-11-18(2)23(16-17)27-25(31)20-12-14-22(15-13-20)35(33,34)28-24-19(3)29(4)30(26(24)32)21-8-6-5-7-9-21/h5-16,28H,1-4H3,(H,27,31). The third-order valence-corrected chi connectivity index (χ3v) is 7.22. The Morgan fingerprint density at radius 3 is 2.20 bits per heavy atom. The summed E-state index contributed by atoms with van der Waals surface area (Å²) in [6.07, 6.45) is 0. The third-order valence-electron chi connectivity index (χ3n) is 5.86. The smallest absolute Gasteiger partial charge is 0.296 e. The van der Waals surface area contributed by atoms with Gasteiger partial charge in [-0.1, -0.05) is 30.3 Å². The number of carbonyl (C=O) groups is 1. The fraction of sp³-hybridized carbons (Fsp3) is 0.154. The second-order valence-corrected chi connectivity index (χ2v) is 10.0. The van der Waals surface area contributed by atoms with Gasteiger partial charge in [0.2, 0.25) is 0 Å². The molecule has 3 aromatic carbocycles. The van der Waals surface area contributed by atoms with E-state index >= 15 is 0 Å². The molecule has 0 saturated heterocycles. The highest BCUT2D eigenvalue weighted by Gasteiger charge is 2.23. The lowest BCUT2D eigenvalue weighted by Gasteiger charge is -2.10. The Hall–Kier alpha value is -4.11. The Morgan fingerprint density at radius 1 is 0.886 bits per heavy atom. The zero-order valence-corrected chi connectivity index (χ0v) is 20.7. The van der Waals surface area contributed by atoms with E-state index in [1.807, 2.05) is 38.1 Å². The van der Waals surface area contributed by atoms with E-state index in [1.165, 1.54) is 28.9 Å². The van der Waals surface area contributed by atoms with Crippen molar-refractivity contribution in [2.45, 2.75) is 25.7 Å². The first-order valence-electron chi connectivity index (χ1n) is 10.9. The van der Waals surface area contributed by atoms with Gasteiger partial charge in [-0.25, -0.2) is 13.1 Å². The van der Waals surface area contributed by atoms with Crippen LogP contribution in [0, 0.1) is 20.8 Å². The largest absolute Gasteiger partial charge is 0.322 e. The SMILES string of the molecule is Cc1ccc(C)c(NC(=O)c2ccc(S(=O)(=O)Nc3c(C)n(C)n(-c4ccccc4)c3=O)cc2)c1. The maximum absolute atomic E-state index is 13.1. The normalized spacial score (nSPS) is 11.3. The number of carbonyl (C=O) groups excluding carboxylic acids is 1. The van der Waals surface area contributed by atoms with Crippen LogP contribution in [0.1, 0.15) is 27.2 Å². The summed E-state index contributed by atoms with van der Waals surface area (Å²) in [5, 5.41) is 2.85. The number of rotatable bonds is 6. The van der Waals surface area contributed by atoms with E-state index in [2.05, 4.69) is 10.0 Å². The summed E-state index contributed by atoms with van der Waals surface area (Å²) in [6, 6.07) is 20.3. The molecule has 180 valence electrons. The molecule has 0 aliphatic heterocycles. The molecule has 1 heterocycles. The van der Waals surface area contributed by atoms with Gasteiger partial charge in [-0.3, -0.25) is 19.0 Å². The van der Waals surface area contributed by atoms with E-state index in [9.17, 15) is 18.0 Å². The molecule has 1 aromatic heterocycles. The van der Waals surface area contributed by atoms with Crippen molar-refractivity contribution in [2.24, 2.45) is 7.05 Å². The lowest BCUT2D eigenvalue weighted by Crippen LogP contribution is -2.23. The zero-order valence-electron chi connectivity index (χ0n) is 19.9. The lowest BCUT2D eigenvalue weighted by atomic mass is 10.1. The molecule has 4 rings (SSSR count).